The average molecular weight is 320 g/mol. The number of alkyl halides is 6. The molecule has 1 aliphatic heterocycles. The highest BCUT2D eigenvalue weighted by molar-refractivity contribution is 5.80. The highest BCUT2D eigenvalue weighted by atomic mass is 19.4. The maximum Gasteiger partial charge on any atom is 0.409 e. The Balaban J connectivity index is 2.83. The van der Waals surface area contributed by atoms with E-state index in [2.05, 4.69) is 5.32 Å². The molecule has 1 fully saturated rings. The molecule has 0 aromatic heterocycles. The molecule has 0 radical (unpaired) electrons. The third-order valence-electron chi connectivity index (χ3n) is 3.45. The second-order valence-electron chi connectivity index (χ2n) is 5.04. The van der Waals surface area contributed by atoms with Crippen molar-refractivity contribution in [3.8, 4) is 0 Å². The maximum atomic E-state index is 12.6. The molecule has 1 heterocycles. The van der Waals surface area contributed by atoms with Crippen LogP contribution in [0.25, 0.3) is 0 Å². The van der Waals surface area contributed by atoms with Gasteiger partial charge in [-0.2, -0.15) is 26.3 Å². The van der Waals surface area contributed by atoms with E-state index >= 15 is 0 Å². The Bertz CT molecular complexity index is 335. The Morgan fingerprint density at radius 3 is 2.14 bits per heavy atom. The minimum atomic E-state index is -5.64. The average Bonchev–Trinajstić information content (AvgIpc) is 2.33. The van der Waals surface area contributed by atoms with E-state index < -0.39 is 24.2 Å². The quantitative estimate of drug-likeness (QED) is 0.808. The van der Waals surface area contributed by atoms with Crippen LogP contribution in [0.4, 0.5) is 26.3 Å². The molecule has 1 amide bonds. The van der Waals surface area contributed by atoms with Gasteiger partial charge in [-0.15, -0.1) is 0 Å². The van der Waals surface area contributed by atoms with Crippen LogP contribution >= 0.6 is 0 Å². The van der Waals surface area contributed by atoms with Gasteiger partial charge in [0, 0.05) is 19.1 Å². The summed E-state index contributed by atoms with van der Waals surface area (Å²) in [5, 5.41) is 3.00. The number of halogens is 6. The highest BCUT2D eigenvalue weighted by Gasteiger charge is 2.62. The van der Waals surface area contributed by atoms with Crippen LogP contribution in [-0.4, -0.2) is 48.8 Å². The first kappa shape index (κ1) is 18.1. The Morgan fingerprint density at radius 1 is 1.19 bits per heavy atom. The number of hydrogen-bond acceptors (Lipinski definition) is 2. The van der Waals surface area contributed by atoms with Crippen molar-refractivity contribution in [1.82, 2.24) is 10.2 Å². The minimum absolute atomic E-state index is 0.141. The summed E-state index contributed by atoms with van der Waals surface area (Å²) in [5.74, 6) is -5.88. The molecule has 9 heteroatoms. The zero-order valence-electron chi connectivity index (χ0n) is 11.5. The van der Waals surface area contributed by atoms with Crippen molar-refractivity contribution in [2.45, 2.75) is 44.6 Å². The first-order valence-corrected chi connectivity index (χ1v) is 6.73. The molecular formula is C12H18F6N2O. The fourth-order valence-corrected chi connectivity index (χ4v) is 2.37. The van der Waals surface area contributed by atoms with E-state index in [1.807, 2.05) is 0 Å². The van der Waals surface area contributed by atoms with E-state index in [9.17, 15) is 31.1 Å². The number of hydrogen-bond donors (Lipinski definition) is 1. The smallest absolute Gasteiger partial charge is 0.341 e. The SMILES string of the molecule is CCN(CC1CCCCN1)C(=O)C(C(F)(F)F)C(F)(F)F. The predicted molar refractivity (Wildman–Crippen MR) is 63.5 cm³/mol. The Hall–Kier alpha value is -0.990. The van der Waals surface area contributed by atoms with Crippen molar-refractivity contribution < 1.29 is 31.1 Å². The van der Waals surface area contributed by atoms with E-state index in [4.69, 9.17) is 0 Å². The molecule has 1 atom stereocenters. The molecule has 0 aromatic carbocycles. The number of rotatable bonds is 4. The summed E-state index contributed by atoms with van der Waals surface area (Å²) in [7, 11) is 0. The largest absolute Gasteiger partial charge is 0.409 e. The summed E-state index contributed by atoms with van der Waals surface area (Å²) >= 11 is 0. The number of carbonyl (C=O) groups is 1. The molecule has 21 heavy (non-hydrogen) atoms. The van der Waals surface area contributed by atoms with Gasteiger partial charge in [0.2, 0.25) is 11.8 Å². The van der Waals surface area contributed by atoms with E-state index in [0.29, 0.717) is 17.9 Å². The maximum absolute atomic E-state index is 12.6. The van der Waals surface area contributed by atoms with Crippen molar-refractivity contribution in [2.75, 3.05) is 19.6 Å². The van der Waals surface area contributed by atoms with Gasteiger partial charge in [-0.1, -0.05) is 6.42 Å². The Labute approximate surface area is 118 Å². The van der Waals surface area contributed by atoms with Crippen molar-refractivity contribution >= 4 is 5.91 Å². The van der Waals surface area contributed by atoms with Crippen molar-refractivity contribution in [1.29, 1.82) is 0 Å². The lowest BCUT2D eigenvalue weighted by Crippen LogP contribution is -2.53. The molecule has 0 saturated carbocycles. The van der Waals surface area contributed by atoms with Crippen molar-refractivity contribution in [3.63, 3.8) is 0 Å². The van der Waals surface area contributed by atoms with Gasteiger partial charge in [0.05, 0.1) is 0 Å². The molecule has 3 nitrogen and oxygen atoms in total. The third-order valence-corrected chi connectivity index (χ3v) is 3.45. The summed E-state index contributed by atoms with van der Waals surface area (Å²) in [5.41, 5.74) is 0. The van der Waals surface area contributed by atoms with Gasteiger partial charge >= 0.3 is 12.4 Å². The topological polar surface area (TPSA) is 32.3 Å². The fourth-order valence-electron chi connectivity index (χ4n) is 2.37. The van der Waals surface area contributed by atoms with Gasteiger partial charge < -0.3 is 10.2 Å². The van der Waals surface area contributed by atoms with Crippen molar-refractivity contribution in [3.05, 3.63) is 0 Å². The molecule has 0 aliphatic carbocycles. The standard InChI is InChI=1S/C12H18F6N2O/c1-2-20(7-8-5-3-4-6-19-8)10(21)9(11(13,14)15)12(16,17)18/h8-9,19H,2-7H2,1H3. The lowest BCUT2D eigenvalue weighted by Gasteiger charge is -2.33. The minimum Gasteiger partial charge on any atom is -0.341 e. The summed E-state index contributed by atoms with van der Waals surface area (Å²) in [6.45, 7) is 1.68. The summed E-state index contributed by atoms with van der Waals surface area (Å²) in [6.07, 6.45) is -8.90. The zero-order chi connectivity index (χ0) is 16.3. The monoisotopic (exact) mass is 320 g/mol. The van der Waals surface area contributed by atoms with Crippen LogP contribution in [0, 0.1) is 5.92 Å². The third kappa shape index (κ3) is 5.05. The van der Waals surface area contributed by atoms with Crippen LogP contribution in [0.2, 0.25) is 0 Å². The zero-order valence-corrected chi connectivity index (χ0v) is 11.5. The molecule has 1 unspecified atom stereocenters. The molecule has 124 valence electrons. The first-order valence-electron chi connectivity index (χ1n) is 6.73. The molecule has 1 saturated heterocycles. The molecule has 1 rings (SSSR count). The number of amides is 1. The van der Waals surface area contributed by atoms with Crippen molar-refractivity contribution in [2.24, 2.45) is 5.92 Å². The molecule has 0 bridgehead atoms. The Morgan fingerprint density at radius 2 is 1.76 bits per heavy atom. The van der Waals surface area contributed by atoms with Gasteiger partial charge in [0.25, 0.3) is 0 Å². The molecule has 1 aliphatic rings. The summed E-state index contributed by atoms with van der Waals surface area (Å²) in [4.78, 5) is 12.3. The lowest BCUT2D eigenvalue weighted by atomic mass is 10.0. The number of likely N-dealkylation sites (N-methyl/N-ethyl adjacent to an activating group) is 1. The number of piperidine rings is 1. The van der Waals surface area contributed by atoms with Gasteiger partial charge in [-0.25, -0.2) is 0 Å². The van der Waals surface area contributed by atoms with Crippen LogP contribution in [0.5, 0.6) is 0 Å². The molecule has 1 N–H and O–H groups in total. The molecule has 0 spiro atoms. The second-order valence-corrected chi connectivity index (χ2v) is 5.04. The van der Waals surface area contributed by atoms with Crippen LogP contribution in [0.15, 0.2) is 0 Å². The van der Waals surface area contributed by atoms with E-state index in [1.165, 1.54) is 6.92 Å². The van der Waals surface area contributed by atoms with Crippen LogP contribution in [-0.2, 0) is 4.79 Å². The number of nitrogens with one attached hydrogen (secondary N) is 1. The highest BCUT2D eigenvalue weighted by Crippen LogP contribution is 2.40. The second kappa shape index (κ2) is 6.85. The van der Waals surface area contributed by atoms with Crippen LogP contribution in [0.1, 0.15) is 26.2 Å². The van der Waals surface area contributed by atoms with Gasteiger partial charge in [0.1, 0.15) is 0 Å². The predicted octanol–water partition coefficient (Wildman–Crippen LogP) is 2.72. The Kier molecular flexibility index (Phi) is 5.89. The van der Waals surface area contributed by atoms with Gasteiger partial charge in [-0.3, -0.25) is 4.79 Å². The summed E-state index contributed by atoms with van der Waals surface area (Å²) in [6, 6.07) is -0.259. The van der Waals surface area contributed by atoms with Gasteiger partial charge in [0.15, 0.2) is 0 Å². The van der Waals surface area contributed by atoms with E-state index in [-0.39, 0.29) is 19.1 Å². The fraction of sp³-hybridized carbons (Fsp3) is 0.917. The lowest BCUT2D eigenvalue weighted by molar-refractivity contribution is -0.277. The normalized spacial score (nSPS) is 20.7. The van der Waals surface area contributed by atoms with Gasteiger partial charge in [-0.05, 0) is 26.3 Å². The van der Waals surface area contributed by atoms with Crippen LogP contribution in [0.3, 0.4) is 0 Å². The molecule has 0 aromatic rings. The first-order chi connectivity index (χ1) is 9.57. The molecular weight excluding hydrogens is 302 g/mol. The number of nitrogens with zero attached hydrogens (tertiary/aromatic N) is 1. The summed E-state index contributed by atoms with van der Waals surface area (Å²) < 4.78 is 75.4. The number of carbonyl (C=O) groups excluding carboxylic acids is 1. The van der Waals surface area contributed by atoms with E-state index in [1.54, 1.807) is 0 Å². The van der Waals surface area contributed by atoms with Crippen LogP contribution < -0.4 is 5.32 Å². The van der Waals surface area contributed by atoms with E-state index in [0.717, 1.165) is 12.8 Å².